The van der Waals surface area contributed by atoms with E-state index in [9.17, 15) is 19.5 Å². The molecule has 7 nitrogen and oxygen atoms in total. The number of hydrogen-bond donors (Lipinski definition) is 4. The van der Waals surface area contributed by atoms with E-state index in [0.29, 0.717) is 12.7 Å². The van der Waals surface area contributed by atoms with Crippen LogP contribution in [0.4, 0.5) is 0 Å². The number of phenolic OH excluding ortho intramolecular Hbond substituents is 1. The van der Waals surface area contributed by atoms with Crippen LogP contribution < -0.4 is 16.4 Å². The maximum absolute atomic E-state index is 12.3. The summed E-state index contributed by atoms with van der Waals surface area (Å²) in [5, 5.41) is 14.5. The largest absolute Gasteiger partial charge is 0.508 e. The first-order valence-electron chi connectivity index (χ1n) is 8.32. The molecule has 1 rings (SSSR count). The van der Waals surface area contributed by atoms with E-state index in [1.165, 1.54) is 12.1 Å². The van der Waals surface area contributed by atoms with Crippen molar-refractivity contribution in [3.05, 3.63) is 29.8 Å². The SMILES string of the molecule is CC(C)C[C@H](NC(=O)[C@@H](N)Cc1ccc(O)cc1)C(=O)N[C@@H](C)C=O. The molecule has 3 atom stereocenters. The lowest BCUT2D eigenvalue weighted by Gasteiger charge is -2.23. The number of aldehydes is 1. The monoisotopic (exact) mass is 349 g/mol. The van der Waals surface area contributed by atoms with Crippen molar-refractivity contribution in [3.63, 3.8) is 0 Å². The van der Waals surface area contributed by atoms with Gasteiger partial charge in [-0.1, -0.05) is 26.0 Å². The summed E-state index contributed by atoms with van der Waals surface area (Å²) in [6, 6.07) is 4.23. The molecule has 25 heavy (non-hydrogen) atoms. The van der Waals surface area contributed by atoms with Crippen LogP contribution in [0.2, 0.25) is 0 Å². The highest BCUT2D eigenvalue weighted by atomic mass is 16.3. The lowest BCUT2D eigenvalue weighted by molar-refractivity contribution is -0.130. The standard InChI is InChI=1S/C18H27N3O4/c1-11(2)8-16(18(25)20-12(3)10-22)21-17(24)15(19)9-13-4-6-14(23)7-5-13/h4-7,10-12,15-16,23H,8-9,19H2,1-3H3,(H,20,25)(H,21,24)/t12-,15-,16-/m0/s1. The summed E-state index contributed by atoms with van der Waals surface area (Å²) in [6.07, 6.45) is 1.35. The highest BCUT2D eigenvalue weighted by Gasteiger charge is 2.25. The zero-order valence-electron chi connectivity index (χ0n) is 14.9. The minimum Gasteiger partial charge on any atom is -0.508 e. The van der Waals surface area contributed by atoms with E-state index in [-0.39, 0.29) is 18.1 Å². The van der Waals surface area contributed by atoms with Crippen LogP contribution in [0, 0.1) is 5.92 Å². The molecule has 0 aromatic heterocycles. The molecule has 0 spiro atoms. The third-order valence-electron chi connectivity index (χ3n) is 3.64. The summed E-state index contributed by atoms with van der Waals surface area (Å²) in [7, 11) is 0. The maximum Gasteiger partial charge on any atom is 0.243 e. The second-order valence-corrected chi connectivity index (χ2v) is 6.60. The van der Waals surface area contributed by atoms with Gasteiger partial charge in [0.15, 0.2) is 0 Å². The number of hydrogen-bond acceptors (Lipinski definition) is 5. The molecule has 0 saturated heterocycles. The third-order valence-corrected chi connectivity index (χ3v) is 3.64. The van der Waals surface area contributed by atoms with Crippen LogP contribution in [0.25, 0.3) is 0 Å². The second-order valence-electron chi connectivity index (χ2n) is 6.60. The molecular weight excluding hydrogens is 322 g/mol. The Bertz CT molecular complexity index is 586. The molecule has 0 unspecified atom stereocenters. The first-order valence-corrected chi connectivity index (χ1v) is 8.32. The Hall–Kier alpha value is -2.41. The summed E-state index contributed by atoms with van der Waals surface area (Å²) in [6.45, 7) is 5.44. The molecule has 0 fully saturated rings. The number of phenols is 1. The molecule has 0 aliphatic carbocycles. The van der Waals surface area contributed by atoms with E-state index in [1.807, 2.05) is 13.8 Å². The molecule has 0 bridgehead atoms. The Balaban J connectivity index is 2.70. The van der Waals surface area contributed by atoms with Crippen molar-refractivity contribution in [2.75, 3.05) is 0 Å². The molecule has 0 aliphatic rings. The normalized spacial score (nSPS) is 14.4. The zero-order valence-corrected chi connectivity index (χ0v) is 14.9. The number of nitrogens with two attached hydrogens (primary N) is 1. The number of carbonyl (C=O) groups is 3. The lowest BCUT2D eigenvalue weighted by atomic mass is 10.0. The van der Waals surface area contributed by atoms with Gasteiger partial charge in [-0.15, -0.1) is 0 Å². The van der Waals surface area contributed by atoms with Gasteiger partial charge in [0.2, 0.25) is 11.8 Å². The van der Waals surface area contributed by atoms with Crippen LogP contribution in [-0.4, -0.2) is 41.3 Å². The van der Waals surface area contributed by atoms with Gasteiger partial charge < -0.3 is 26.3 Å². The van der Waals surface area contributed by atoms with Crippen LogP contribution in [0.15, 0.2) is 24.3 Å². The molecule has 2 amide bonds. The predicted octanol–water partition coefficient (Wildman–Crippen LogP) is 0.497. The Morgan fingerprint density at radius 3 is 2.24 bits per heavy atom. The van der Waals surface area contributed by atoms with Crippen molar-refractivity contribution in [2.45, 2.75) is 51.7 Å². The van der Waals surface area contributed by atoms with Crippen molar-refractivity contribution in [2.24, 2.45) is 11.7 Å². The fraction of sp³-hybridized carbons (Fsp3) is 0.500. The smallest absolute Gasteiger partial charge is 0.243 e. The van der Waals surface area contributed by atoms with E-state index in [0.717, 1.165) is 5.56 Å². The van der Waals surface area contributed by atoms with Gasteiger partial charge in [0.1, 0.15) is 18.1 Å². The Labute approximate surface area is 148 Å². The van der Waals surface area contributed by atoms with E-state index in [1.54, 1.807) is 19.1 Å². The average molecular weight is 349 g/mol. The fourth-order valence-corrected chi connectivity index (χ4v) is 2.32. The van der Waals surface area contributed by atoms with Gasteiger partial charge in [0.25, 0.3) is 0 Å². The highest BCUT2D eigenvalue weighted by molar-refractivity contribution is 5.90. The first-order chi connectivity index (χ1) is 11.7. The quantitative estimate of drug-likeness (QED) is 0.484. The van der Waals surface area contributed by atoms with Crippen LogP contribution in [0.3, 0.4) is 0 Å². The number of rotatable bonds is 9. The summed E-state index contributed by atoms with van der Waals surface area (Å²) in [5.74, 6) is -0.526. The number of aromatic hydroxyl groups is 1. The van der Waals surface area contributed by atoms with E-state index < -0.39 is 29.9 Å². The zero-order chi connectivity index (χ0) is 19.0. The minimum absolute atomic E-state index is 0.139. The predicted molar refractivity (Wildman–Crippen MR) is 94.8 cm³/mol. The van der Waals surface area contributed by atoms with Crippen LogP contribution >= 0.6 is 0 Å². The van der Waals surface area contributed by atoms with Crippen LogP contribution in [0.1, 0.15) is 32.8 Å². The molecule has 0 radical (unpaired) electrons. The van der Waals surface area contributed by atoms with E-state index in [2.05, 4.69) is 10.6 Å². The van der Waals surface area contributed by atoms with Crippen molar-refractivity contribution in [1.82, 2.24) is 10.6 Å². The molecule has 138 valence electrons. The molecule has 0 saturated carbocycles. The summed E-state index contributed by atoms with van der Waals surface area (Å²) in [4.78, 5) is 35.3. The number of carbonyl (C=O) groups excluding carboxylic acids is 3. The second kappa shape index (κ2) is 9.78. The van der Waals surface area contributed by atoms with Crippen LogP contribution in [-0.2, 0) is 20.8 Å². The van der Waals surface area contributed by atoms with Crippen LogP contribution in [0.5, 0.6) is 5.75 Å². The summed E-state index contributed by atoms with van der Waals surface area (Å²) >= 11 is 0. The van der Waals surface area contributed by atoms with Gasteiger partial charge in [-0.05, 0) is 43.4 Å². The molecule has 1 aromatic carbocycles. The highest BCUT2D eigenvalue weighted by Crippen LogP contribution is 2.11. The Morgan fingerprint density at radius 1 is 1.12 bits per heavy atom. The Morgan fingerprint density at radius 2 is 1.72 bits per heavy atom. The molecule has 1 aromatic rings. The lowest BCUT2D eigenvalue weighted by Crippen LogP contribution is -2.53. The van der Waals surface area contributed by atoms with Crippen molar-refractivity contribution in [3.8, 4) is 5.75 Å². The van der Waals surface area contributed by atoms with E-state index in [4.69, 9.17) is 5.73 Å². The number of benzene rings is 1. The third kappa shape index (κ3) is 7.34. The van der Waals surface area contributed by atoms with Gasteiger partial charge in [-0.2, -0.15) is 0 Å². The minimum atomic E-state index is -0.824. The number of nitrogens with one attached hydrogen (secondary N) is 2. The summed E-state index contributed by atoms with van der Waals surface area (Å²) in [5.41, 5.74) is 6.74. The van der Waals surface area contributed by atoms with Crippen molar-refractivity contribution in [1.29, 1.82) is 0 Å². The van der Waals surface area contributed by atoms with Crippen molar-refractivity contribution < 1.29 is 19.5 Å². The summed E-state index contributed by atoms with van der Waals surface area (Å²) < 4.78 is 0. The maximum atomic E-state index is 12.3. The van der Waals surface area contributed by atoms with Crippen molar-refractivity contribution >= 4 is 18.1 Å². The number of amides is 2. The van der Waals surface area contributed by atoms with Gasteiger partial charge in [-0.3, -0.25) is 9.59 Å². The fourth-order valence-electron chi connectivity index (χ4n) is 2.32. The topological polar surface area (TPSA) is 122 Å². The first kappa shape index (κ1) is 20.6. The van der Waals surface area contributed by atoms with Gasteiger partial charge in [0.05, 0.1) is 12.1 Å². The molecular formula is C18H27N3O4. The molecule has 0 heterocycles. The Kier molecular flexibility index (Phi) is 8.07. The van der Waals surface area contributed by atoms with Gasteiger partial charge in [0, 0.05) is 0 Å². The van der Waals surface area contributed by atoms with Gasteiger partial charge >= 0.3 is 0 Å². The van der Waals surface area contributed by atoms with Gasteiger partial charge in [-0.25, -0.2) is 0 Å². The average Bonchev–Trinajstić information content (AvgIpc) is 2.55. The molecule has 5 N–H and O–H groups in total. The van der Waals surface area contributed by atoms with E-state index >= 15 is 0 Å². The molecule has 0 aliphatic heterocycles. The molecule has 7 heteroatoms.